The molecule has 0 radical (unpaired) electrons. The van der Waals surface area contributed by atoms with Crippen molar-refractivity contribution >= 4 is 17.6 Å². The molecule has 1 aromatic carbocycles. The summed E-state index contributed by atoms with van der Waals surface area (Å²) in [5.41, 5.74) is 1.21. The van der Waals surface area contributed by atoms with Crippen molar-refractivity contribution in [1.82, 2.24) is 19.5 Å². The minimum Gasteiger partial charge on any atom is -0.434 e. The van der Waals surface area contributed by atoms with Gasteiger partial charge in [0.05, 0.1) is 0 Å². The Morgan fingerprint density at radius 3 is 2.86 bits per heavy atom. The zero-order valence-corrected chi connectivity index (χ0v) is 15.6. The van der Waals surface area contributed by atoms with Gasteiger partial charge in [0.25, 0.3) is 0 Å². The van der Waals surface area contributed by atoms with E-state index in [0.29, 0.717) is 18.7 Å². The highest BCUT2D eigenvalue weighted by Gasteiger charge is 2.27. The van der Waals surface area contributed by atoms with Crippen LogP contribution >= 0.6 is 0 Å². The fraction of sp³-hybridized carbons (Fsp3) is 0.286. The molecule has 1 atom stereocenters. The van der Waals surface area contributed by atoms with E-state index in [1.165, 1.54) is 18.2 Å². The van der Waals surface area contributed by atoms with Gasteiger partial charge in [0.1, 0.15) is 11.6 Å². The van der Waals surface area contributed by atoms with Crippen molar-refractivity contribution in [1.29, 1.82) is 0 Å². The number of amides is 1. The summed E-state index contributed by atoms with van der Waals surface area (Å²) in [4.78, 5) is 14.4. The third kappa shape index (κ3) is 4.26. The van der Waals surface area contributed by atoms with E-state index in [-0.39, 0.29) is 17.6 Å². The second-order valence-electron chi connectivity index (χ2n) is 6.86. The van der Waals surface area contributed by atoms with Crippen molar-refractivity contribution in [2.75, 3.05) is 13.1 Å². The Bertz CT molecular complexity index is 1030. The largest absolute Gasteiger partial charge is 0.434 e. The van der Waals surface area contributed by atoms with Crippen LogP contribution in [0.25, 0.3) is 11.7 Å². The first-order valence-electron chi connectivity index (χ1n) is 9.42. The van der Waals surface area contributed by atoms with Crippen molar-refractivity contribution in [2.45, 2.75) is 25.4 Å². The van der Waals surface area contributed by atoms with E-state index in [4.69, 9.17) is 0 Å². The van der Waals surface area contributed by atoms with Crippen LogP contribution in [0.5, 0.6) is 5.75 Å². The summed E-state index contributed by atoms with van der Waals surface area (Å²) in [5, 5.41) is 8.51. The Morgan fingerprint density at radius 2 is 2.00 bits per heavy atom. The summed E-state index contributed by atoms with van der Waals surface area (Å²) in [6.45, 7) is -1.74. The zero-order valence-electron chi connectivity index (χ0n) is 15.6. The number of fused-ring (bicyclic) bond motifs is 1. The molecule has 1 unspecified atom stereocenters. The number of benzene rings is 1. The number of halogens is 2. The molecular weight excluding hydrogens is 378 g/mol. The molecule has 1 aliphatic heterocycles. The molecule has 0 bridgehead atoms. The number of nitrogens with zero attached hydrogens (tertiary/aromatic N) is 4. The first-order valence-corrected chi connectivity index (χ1v) is 9.42. The lowest BCUT2D eigenvalue weighted by molar-refractivity contribution is -0.127. The molecule has 1 saturated heterocycles. The van der Waals surface area contributed by atoms with Gasteiger partial charge in [0.2, 0.25) is 5.91 Å². The van der Waals surface area contributed by atoms with Gasteiger partial charge in [-0.15, -0.1) is 10.2 Å². The maximum absolute atomic E-state index is 12.7. The van der Waals surface area contributed by atoms with Crippen molar-refractivity contribution in [3.05, 3.63) is 66.1 Å². The quantitative estimate of drug-likeness (QED) is 0.614. The maximum atomic E-state index is 12.7. The first-order chi connectivity index (χ1) is 14.1. The molecule has 4 rings (SSSR count). The number of carbonyl (C=O) groups excluding carboxylic acids is 1. The Kier molecular flexibility index (Phi) is 5.50. The number of para-hydroxylation sites is 1. The van der Waals surface area contributed by atoms with E-state index >= 15 is 0 Å². The molecule has 1 fully saturated rings. The number of aromatic nitrogens is 3. The molecule has 6 nitrogen and oxygen atoms in total. The molecule has 0 spiro atoms. The Balaban J connectivity index is 1.48. The summed E-state index contributed by atoms with van der Waals surface area (Å²) in [7, 11) is 0. The molecule has 3 aromatic rings. The lowest BCUT2D eigenvalue weighted by atomic mass is 9.97. The highest BCUT2D eigenvalue weighted by molar-refractivity contribution is 5.92. The zero-order chi connectivity index (χ0) is 20.2. The summed E-state index contributed by atoms with van der Waals surface area (Å²) >= 11 is 0. The Morgan fingerprint density at radius 1 is 1.17 bits per heavy atom. The molecule has 1 aliphatic rings. The minimum absolute atomic E-state index is 0.0398. The van der Waals surface area contributed by atoms with Crippen molar-refractivity contribution in [2.24, 2.45) is 0 Å². The summed E-state index contributed by atoms with van der Waals surface area (Å²) < 4.78 is 31.5. The lowest BCUT2D eigenvalue weighted by Gasteiger charge is -2.31. The van der Waals surface area contributed by atoms with Crippen LogP contribution in [0.3, 0.4) is 0 Å². The smallest absolute Gasteiger partial charge is 0.387 e. The monoisotopic (exact) mass is 398 g/mol. The topological polar surface area (TPSA) is 59.7 Å². The van der Waals surface area contributed by atoms with E-state index in [0.717, 1.165) is 24.3 Å². The number of likely N-dealkylation sites (tertiary alicyclic amines) is 1. The number of rotatable bonds is 5. The molecule has 150 valence electrons. The predicted molar refractivity (Wildman–Crippen MR) is 104 cm³/mol. The second kappa shape index (κ2) is 8.38. The van der Waals surface area contributed by atoms with E-state index in [2.05, 4.69) is 14.9 Å². The van der Waals surface area contributed by atoms with E-state index in [1.54, 1.807) is 23.1 Å². The number of pyridine rings is 1. The average molecular weight is 398 g/mol. The van der Waals surface area contributed by atoms with Crippen LogP contribution in [0.1, 0.15) is 30.1 Å². The van der Waals surface area contributed by atoms with Gasteiger partial charge in [-0.2, -0.15) is 8.78 Å². The molecule has 3 heterocycles. The number of hydrogen-bond acceptors (Lipinski definition) is 4. The van der Waals surface area contributed by atoms with E-state index < -0.39 is 6.61 Å². The molecule has 8 heteroatoms. The van der Waals surface area contributed by atoms with Gasteiger partial charge >= 0.3 is 6.61 Å². The number of hydrogen-bond donors (Lipinski definition) is 0. The van der Waals surface area contributed by atoms with Gasteiger partial charge in [-0.1, -0.05) is 24.3 Å². The van der Waals surface area contributed by atoms with Gasteiger partial charge in [0.15, 0.2) is 5.65 Å². The average Bonchev–Trinajstić information content (AvgIpc) is 3.17. The molecule has 0 N–H and O–H groups in total. The van der Waals surface area contributed by atoms with Crippen molar-refractivity contribution < 1.29 is 18.3 Å². The predicted octanol–water partition coefficient (Wildman–Crippen LogP) is 3.75. The summed E-state index contributed by atoms with van der Waals surface area (Å²) in [6.07, 6.45) is 6.62. The van der Waals surface area contributed by atoms with Crippen LogP contribution in [-0.2, 0) is 4.79 Å². The molecule has 2 aromatic heterocycles. The highest BCUT2D eigenvalue weighted by Crippen LogP contribution is 2.27. The molecule has 29 heavy (non-hydrogen) atoms. The number of ether oxygens (including phenoxy) is 1. The van der Waals surface area contributed by atoms with Crippen LogP contribution < -0.4 is 4.74 Å². The van der Waals surface area contributed by atoms with E-state index in [1.807, 2.05) is 28.8 Å². The summed E-state index contributed by atoms with van der Waals surface area (Å²) in [5.74, 6) is 0.805. The maximum Gasteiger partial charge on any atom is 0.387 e. The number of carbonyl (C=O) groups is 1. The SMILES string of the molecule is O=C(/C=C/c1ccccc1OC(F)F)N1CCCC(c2nnc3ccccn23)C1. The van der Waals surface area contributed by atoms with Crippen LogP contribution in [0.2, 0.25) is 0 Å². The molecule has 1 amide bonds. The van der Waals surface area contributed by atoms with Gasteiger partial charge in [0, 0.05) is 36.8 Å². The standard InChI is InChI=1S/C21H20F2N4O2/c22-21(23)29-17-8-2-1-6-15(17)10-11-19(28)26-12-5-7-16(14-26)20-25-24-18-9-3-4-13-27(18)20/h1-4,6,8-11,13,16,21H,5,7,12,14H2/b11-10+. The summed E-state index contributed by atoms with van der Waals surface area (Å²) in [6, 6.07) is 12.1. The lowest BCUT2D eigenvalue weighted by Crippen LogP contribution is -2.38. The third-order valence-electron chi connectivity index (χ3n) is 4.98. The minimum atomic E-state index is -2.92. The fourth-order valence-corrected chi connectivity index (χ4v) is 3.61. The third-order valence-corrected chi connectivity index (χ3v) is 4.98. The fourth-order valence-electron chi connectivity index (χ4n) is 3.61. The second-order valence-corrected chi connectivity index (χ2v) is 6.86. The molecule has 0 aliphatic carbocycles. The Hall–Kier alpha value is -3.29. The van der Waals surface area contributed by atoms with Crippen molar-refractivity contribution in [3.8, 4) is 5.75 Å². The van der Waals surface area contributed by atoms with Gasteiger partial charge < -0.3 is 9.64 Å². The molecular formula is C21H20F2N4O2. The van der Waals surface area contributed by atoms with Crippen molar-refractivity contribution in [3.63, 3.8) is 0 Å². The van der Waals surface area contributed by atoms with Gasteiger partial charge in [-0.05, 0) is 37.1 Å². The van der Waals surface area contributed by atoms with Crippen LogP contribution in [0.15, 0.2) is 54.7 Å². The van der Waals surface area contributed by atoms with E-state index in [9.17, 15) is 13.6 Å². The van der Waals surface area contributed by atoms with Crippen LogP contribution in [0.4, 0.5) is 8.78 Å². The van der Waals surface area contributed by atoms with Gasteiger partial charge in [-0.25, -0.2) is 0 Å². The van der Waals surface area contributed by atoms with Crippen LogP contribution in [-0.4, -0.2) is 45.1 Å². The first kappa shape index (κ1) is 19.0. The van der Waals surface area contributed by atoms with Crippen LogP contribution in [0, 0.1) is 0 Å². The Labute approximate surface area is 166 Å². The molecule has 0 saturated carbocycles. The highest BCUT2D eigenvalue weighted by atomic mass is 19.3. The number of piperidine rings is 1. The van der Waals surface area contributed by atoms with Gasteiger partial charge in [-0.3, -0.25) is 9.20 Å². The normalized spacial score (nSPS) is 17.3. The number of alkyl halides is 2.